The van der Waals surface area contributed by atoms with E-state index in [1.54, 1.807) is 27.7 Å². The summed E-state index contributed by atoms with van der Waals surface area (Å²) < 4.78 is 31.0. The van der Waals surface area contributed by atoms with Gasteiger partial charge in [0.2, 0.25) is 0 Å². The van der Waals surface area contributed by atoms with E-state index < -0.39 is 31.8 Å². The summed E-state index contributed by atoms with van der Waals surface area (Å²) >= 11 is 0. The van der Waals surface area contributed by atoms with Crippen LogP contribution in [0.2, 0.25) is 0 Å². The summed E-state index contributed by atoms with van der Waals surface area (Å²) in [7, 11) is -6.93. The van der Waals surface area contributed by atoms with Gasteiger partial charge >= 0.3 is 15.2 Å². The van der Waals surface area contributed by atoms with Crippen LogP contribution >= 0.6 is 15.2 Å². The second kappa shape index (κ2) is 8.54. The Morgan fingerprint density at radius 1 is 0.913 bits per heavy atom. The zero-order valence-corrected chi connectivity index (χ0v) is 17.0. The van der Waals surface area contributed by atoms with E-state index in [0.29, 0.717) is 0 Å². The van der Waals surface area contributed by atoms with Crippen molar-refractivity contribution in [3.05, 3.63) is 0 Å². The van der Waals surface area contributed by atoms with Crippen LogP contribution in [0.25, 0.3) is 0 Å². The van der Waals surface area contributed by atoms with Gasteiger partial charge in [-0.1, -0.05) is 13.8 Å². The van der Waals surface area contributed by atoms with Crippen molar-refractivity contribution >= 4 is 15.2 Å². The summed E-state index contributed by atoms with van der Waals surface area (Å²) in [6, 6.07) is 0. The standard InChI is InChI=1S/C7H17O4P.C6H15O4P/c1-6(2,8)7(3,4)11-12(5,9)10;1-6(2,4-7)5-10-11(3,8)9/h8H,1-5H3,(H,9,10);7H,4-5H2,1-3H3,(H,8,9). The predicted octanol–water partition coefficient (Wildman–Crippen LogP) is 2.20. The minimum absolute atomic E-state index is 0.0625. The normalized spacial score (nSPS) is 18.4. The summed E-state index contributed by atoms with van der Waals surface area (Å²) in [5.74, 6) is 0. The molecule has 0 rings (SSSR count). The highest BCUT2D eigenvalue weighted by molar-refractivity contribution is 7.52. The summed E-state index contributed by atoms with van der Waals surface area (Å²) in [4.78, 5) is 17.7. The first-order valence-electron chi connectivity index (χ1n) is 7.01. The molecule has 0 saturated carbocycles. The van der Waals surface area contributed by atoms with Gasteiger partial charge in [-0.25, -0.2) is 0 Å². The van der Waals surface area contributed by atoms with E-state index in [1.807, 2.05) is 0 Å². The number of hydrogen-bond donors (Lipinski definition) is 4. The molecule has 0 fully saturated rings. The quantitative estimate of drug-likeness (QED) is 0.496. The largest absolute Gasteiger partial charge is 0.396 e. The Kier molecular flexibility index (Phi) is 9.46. The highest BCUT2D eigenvalue weighted by atomic mass is 31.2. The number of aliphatic hydroxyl groups is 2. The average Bonchev–Trinajstić information content (AvgIpc) is 2.22. The van der Waals surface area contributed by atoms with E-state index in [4.69, 9.17) is 19.4 Å². The maximum absolute atomic E-state index is 10.9. The molecule has 0 spiro atoms. The molecule has 0 radical (unpaired) electrons. The predicted molar refractivity (Wildman–Crippen MR) is 89.8 cm³/mol. The van der Waals surface area contributed by atoms with E-state index in [0.717, 1.165) is 13.3 Å². The first-order chi connectivity index (χ1) is 9.72. The smallest absolute Gasteiger partial charge is 0.325 e. The van der Waals surface area contributed by atoms with E-state index in [1.165, 1.54) is 13.8 Å². The molecule has 0 saturated heterocycles. The van der Waals surface area contributed by atoms with Crippen LogP contribution in [-0.2, 0) is 18.2 Å². The molecule has 0 aromatic heterocycles. The third kappa shape index (κ3) is 14.3. The van der Waals surface area contributed by atoms with Crippen LogP contribution < -0.4 is 0 Å². The van der Waals surface area contributed by atoms with Gasteiger partial charge < -0.3 is 24.5 Å². The molecule has 0 heterocycles. The lowest BCUT2D eigenvalue weighted by atomic mass is 9.90. The SMILES string of the molecule is CC(C)(CO)COP(C)(=O)O.CC(C)(O)C(C)(C)OP(C)(=O)O. The molecule has 23 heavy (non-hydrogen) atoms. The topological polar surface area (TPSA) is 134 Å². The first kappa shape index (κ1) is 25.5. The van der Waals surface area contributed by atoms with E-state index >= 15 is 0 Å². The number of hydrogen-bond acceptors (Lipinski definition) is 6. The summed E-state index contributed by atoms with van der Waals surface area (Å²) in [5, 5.41) is 18.3. The van der Waals surface area contributed by atoms with Gasteiger partial charge in [0.05, 0.1) is 18.8 Å². The molecule has 4 N–H and O–H groups in total. The third-order valence-electron chi connectivity index (χ3n) is 2.99. The maximum atomic E-state index is 10.9. The highest BCUT2D eigenvalue weighted by Crippen LogP contribution is 2.45. The summed E-state index contributed by atoms with van der Waals surface area (Å²) in [5.41, 5.74) is -2.64. The fourth-order valence-corrected chi connectivity index (χ4v) is 2.53. The molecule has 0 bridgehead atoms. The van der Waals surface area contributed by atoms with Crippen LogP contribution in [0.1, 0.15) is 41.5 Å². The van der Waals surface area contributed by atoms with Gasteiger partial charge in [-0.15, -0.1) is 0 Å². The van der Waals surface area contributed by atoms with Crippen LogP contribution in [-0.4, -0.2) is 57.7 Å². The molecule has 0 amide bonds. The van der Waals surface area contributed by atoms with E-state index in [9.17, 15) is 14.2 Å². The Hall–Kier alpha value is 0.220. The van der Waals surface area contributed by atoms with E-state index in [-0.39, 0.29) is 13.2 Å². The Morgan fingerprint density at radius 2 is 1.30 bits per heavy atom. The molecular weight excluding hydrogens is 346 g/mol. The first-order valence-corrected chi connectivity index (χ1v) is 11.1. The minimum atomic E-state index is -3.54. The molecule has 2 atom stereocenters. The van der Waals surface area contributed by atoms with Crippen LogP contribution in [0.5, 0.6) is 0 Å². The Morgan fingerprint density at radius 3 is 1.48 bits per heavy atom. The number of rotatable bonds is 7. The van der Waals surface area contributed by atoms with Crippen LogP contribution in [0.15, 0.2) is 0 Å². The molecule has 0 aromatic carbocycles. The van der Waals surface area contributed by atoms with Gasteiger partial charge in [-0.2, -0.15) is 0 Å². The Balaban J connectivity index is 0. The fourth-order valence-electron chi connectivity index (χ4n) is 0.875. The van der Waals surface area contributed by atoms with Crippen molar-refractivity contribution in [1.29, 1.82) is 0 Å². The molecule has 2 unspecified atom stereocenters. The molecule has 142 valence electrons. The summed E-state index contributed by atoms with van der Waals surface area (Å²) in [6.45, 7) is 12.0. The molecule has 0 aliphatic heterocycles. The zero-order valence-electron chi connectivity index (χ0n) is 15.2. The Labute approximate surface area is 138 Å². The lowest BCUT2D eigenvalue weighted by Crippen LogP contribution is -2.46. The van der Waals surface area contributed by atoms with Gasteiger partial charge in [-0.05, 0) is 27.7 Å². The van der Waals surface area contributed by atoms with Gasteiger partial charge in [-0.3, -0.25) is 13.7 Å². The second-order valence-corrected chi connectivity index (χ2v) is 11.0. The lowest BCUT2D eigenvalue weighted by Gasteiger charge is -2.37. The maximum Gasteiger partial charge on any atom is 0.325 e. The van der Waals surface area contributed by atoms with E-state index in [2.05, 4.69) is 4.52 Å². The van der Waals surface area contributed by atoms with Crippen molar-refractivity contribution in [3.8, 4) is 0 Å². The Bertz CT molecular complexity index is 441. The van der Waals surface area contributed by atoms with Crippen molar-refractivity contribution in [3.63, 3.8) is 0 Å². The van der Waals surface area contributed by atoms with Crippen molar-refractivity contribution in [2.75, 3.05) is 26.5 Å². The van der Waals surface area contributed by atoms with Crippen molar-refractivity contribution in [2.24, 2.45) is 5.41 Å². The summed E-state index contributed by atoms with van der Waals surface area (Å²) in [6.07, 6.45) is 0. The molecule has 8 nitrogen and oxygen atoms in total. The van der Waals surface area contributed by atoms with Gasteiger partial charge in [0, 0.05) is 18.7 Å². The van der Waals surface area contributed by atoms with Gasteiger partial charge in [0.1, 0.15) is 5.60 Å². The molecule has 0 aliphatic rings. The average molecular weight is 378 g/mol. The van der Waals surface area contributed by atoms with Gasteiger partial charge in [0.25, 0.3) is 0 Å². The third-order valence-corrected chi connectivity index (χ3v) is 4.40. The van der Waals surface area contributed by atoms with Crippen LogP contribution in [0.3, 0.4) is 0 Å². The molecule has 0 aliphatic carbocycles. The van der Waals surface area contributed by atoms with Crippen molar-refractivity contribution in [2.45, 2.75) is 52.7 Å². The van der Waals surface area contributed by atoms with Gasteiger partial charge in [0.15, 0.2) is 0 Å². The minimum Gasteiger partial charge on any atom is -0.396 e. The van der Waals surface area contributed by atoms with Crippen LogP contribution in [0.4, 0.5) is 0 Å². The molecular formula is C13H32O8P2. The van der Waals surface area contributed by atoms with Crippen molar-refractivity contribution < 1.29 is 38.2 Å². The molecule has 0 aromatic rings. The van der Waals surface area contributed by atoms with Crippen LogP contribution in [0, 0.1) is 5.41 Å². The monoisotopic (exact) mass is 378 g/mol. The molecule has 10 heteroatoms. The van der Waals surface area contributed by atoms with Crippen molar-refractivity contribution in [1.82, 2.24) is 0 Å². The zero-order chi connectivity index (χ0) is 19.3. The highest BCUT2D eigenvalue weighted by Gasteiger charge is 2.40. The fraction of sp³-hybridized carbons (Fsp3) is 1.00. The lowest BCUT2D eigenvalue weighted by molar-refractivity contribution is -0.0940. The second-order valence-electron chi connectivity index (χ2n) is 7.36. The number of aliphatic hydroxyl groups excluding tert-OH is 1.